The Balaban J connectivity index is 2.31. The maximum absolute atomic E-state index is 6.07. The van der Waals surface area contributed by atoms with E-state index in [-0.39, 0.29) is 12.0 Å². The van der Waals surface area contributed by atoms with E-state index < -0.39 is 0 Å². The van der Waals surface area contributed by atoms with Crippen molar-refractivity contribution < 1.29 is 0 Å². The fourth-order valence-corrected chi connectivity index (χ4v) is 2.70. The number of hydrogen-bond donors (Lipinski definition) is 2. The summed E-state index contributed by atoms with van der Waals surface area (Å²) in [6, 6.07) is 21.5. The molecule has 0 aliphatic rings. The van der Waals surface area contributed by atoms with E-state index in [1.54, 1.807) is 0 Å². The second kappa shape index (κ2) is 7.96. The Morgan fingerprint density at radius 2 is 1.33 bits per heavy atom. The Kier molecular flexibility index (Phi) is 5.97. The van der Waals surface area contributed by atoms with Crippen molar-refractivity contribution in [3.63, 3.8) is 0 Å². The molecule has 2 aromatic carbocycles. The number of hydrogen-bond acceptors (Lipinski definition) is 2. The third-order valence-corrected chi connectivity index (χ3v) is 3.76. The van der Waals surface area contributed by atoms with Crippen LogP contribution in [0.15, 0.2) is 60.7 Å². The number of rotatable bonds is 7. The van der Waals surface area contributed by atoms with Gasteiger partial charge in [0, 0.05) is 18.5 Å². The van der Waals surface area contributed by atoms with Crippen molar-refractivity contribution in [3.8, 4) is 0 Å². The molecule has 21 heavy (non-hydrogen) atoms. The lowest BCUT2D eigenvalue weighted by Crippen LogP contribution is -2.43. The summed E-state index contributed by atoms with van der Waals surface area (Å²) in [7, 11) is 0. The van der Waals surface area contributed by atoms with Gasteiger partial charge in [-0.25, -0.2) is 0 Å². The summed E-state index contributed by atoms with van der Waals surface area (Å²) >= 11 is 0. The molecular weight excluding hydrogens is 256 g/mol. The van der Waals surface area contributed by atoms with Gasteiger partial charge in [0.1, 0.15) is 0 Å². The fraction of sp³-hybridized carbons (Fsp3) is 0.368. The Bertz CT molecular complexity index is 468. The third kappa shape index (κ3) is 4.42. The van der Waals surface area contributed by atoms with Gasteiger partial charge in [0.15, 0.2) is 0 Å². The maximum Gasteiger partial charge on any atom is 0.0299 e. The zero-order valence-electron chi connectivity index (χ0n) is 13.0. The van der Waals surface area contributed by atoms with Crippen LogP contribution in [0.5, 0.6) is 0 Å². The Morgan fingerprint density at radius 1 is 0.857 bits per heavy atom. The van der Waals surface area contributed by atoms with Crippen molar-refractivity contribution in [3.05, 3.63) is 71.8 Å². The highest BCUT2D eigenvalue weighted by atomic mass is 14.9. The van der Waals surface area contributed by atoms with Crippen LogP contribution in [0, 0.1) is 5.92 Å². The molecule has 0 aliphatic heterocycles. The molecule has 2 aromatic rings. The van der Waals surface area contributed by atoms with Gasteiger partial charge >= 0.3 is 0 Å². The first-order valence-corrected chi connectivity index (χ1v) is 7.75. The monoisotopic (exact) mass is 282 g/mol. The predicted molar refractivity (Wildman–Crippen MR) is 90.4 cm³/mol. The van der Waals surface area contributed by atoms with Crippen molar-refractivity contribution in [1.29, 1.82) is 0 Å². The molecule has 0 aromatic heterocycles. The van der Waals surface area contributed by atoms with Gasteiger partial charge in [-0.3, -0.25) is 0 Å². The first-order valence-electron chi connectivity index (χ1n) is 7.75. The van der Waals surface area contributed by atoms with Crippen LogP contribution < -0.4 is 11.1 Å². The van der Waals surface area contributed by atoms with E-state index in [4.69, 9.17) is 5.73 Å². The lowest BCUT2D eigenvalue weighted by molar-refractivity contribution is 0.435. The van der Waals surface area contributed by atoms with Crippen molar-refractivity contribution in [2.24, 2.45) is 11.7 Å². The van der Waals surface area contributed by atoms with Gasteiger partial charge in [-0.05, 0) is 23.6 Å². The molecule has 0 aliphatic carbocycles. The van der Waals surface area contributed by atoms with Gasteiger partial charge in [0.2, 0.25) is 0 Å². The van der Waals surface area contributed by atoms with Crippen LogP contribution in [0.2, 0.25) is 0 Å². The molecule has 2 heteroatoms. The molecule has 2 nitrogen and oxygen atoms in total. The van der Waals surface area contributed by atoms with Crippen LogP contribution in [-0.4, -0.2) is 19.1 Å². The van der Waals surface area contributed by atoms with E-state index >= 15 is 0 Å². The van der Waals surface area contributed by atoms with Crippen molar-refractivity contribution in [1.82, 2.24) is 5.32 Å². The molecule has 0 saturated carbocycles. The van der Waals surface area contributed by atoms with Crippen LogP contribution in [0.25, 0.3) is 0 Å². The molecule has 0 amide bonds. The SMILES string of the molecule is CC(C)CNC(CN)C(c1ccccc1)c1ccccc1. The molecule has 0 fully saturated rings. The van der Waals surface area contributed by atoms with Crippen molar-refractivity contribution in [2.75, 3.05) is 13.1 Å². The minimum atomic E-state index is 0.247. The van der Waals surface area contributed by atoms with Gasteiger partial charge < -0.3 is 11.1 Å². The first-order chi connectivity index (χ1) is 10.2. The maximum atomic E-state index is 6.07. The number of nitrogens with two attached hydrogens (primary N) is 1. The van der Waals surface area contributed by atoms with Crippen LogP contribution >= 0.6 is 0 Å². The summed E-state index contributed by atoms with van der Waals surface area (Å²) in [5.41, 5.74) is 8.70. The predicted octanol–water partition coefficient (Wildman–Crippen LogP) is 3.39. The summed E-state index contributed by atoms with van der Waals surface area (Å²) in [4.78, 5) is 0. The molecule has 0 bridgehead atoms. The highest BCUT2D eigenvalue weighted by Gasteiger charge is 2.23. The zero-order chi connectivity index (χ0) is 15.1. The Hall–Kier alpha value is -1.64. The number of benzene rings is 2. The molecule has 3 N–H and O–H groups in total. The molecule has 1 atom stereocenters. The molecule has 0 saturated heterocycles. The van der Waals surface area contributed by atoms with E-state index in [2.05, 4.69) is 79.8 Å². The fourth-order valence-electron chi connectivity index (χ4n) is 2.70. The summed E-state index contributed by atoms with van der Waals surface area (Å²) in [5.74, 6) is 0.905. The third-order valence-electron chi connectivity index (χ3n) is 3.76. The van der Waals surface area contributed by atoms with Gasteiger partial charge in [0.05, 0.1) is 0 Å². The quantitative estimate of drug-likeness (QED) is 0.817. The standard InChI is InChI=1S/C19H26N2/c1-15(2)14-21-18(13-20)19(16-9-5-3-6-10-16)17-11-7-4-8-12-17/h3-12,15,18-19,21H,13-14,20H2,1-2H3. The minimum absolute atomic E-state index is 0.247. The topological polar surface area (TPSA) is 38.0 Å². The molecule has 112 valence electrons. The van der Waals surface area contributed by atoms with Gasteiger partial charge in [-0.1, -0.05) is 74.5 Å². The average Bonchev–Trinajstić information content (AvgIpc) is 2.53. The van der Waals surface area contributed by atoms with E-state index in [0.717, 1.165) is 6.54 Å². The van der Waals surface area contributed by atoms with E-state index in [9.17, 15) is 0 Å². The van der Waals surface area contributed by atoms with Crippen LogP contribution in [0.1, 0.15) is 30.9 Å². The highest BCUT2D eigenvalue weighted by molar-refractivity contribution is 5.34. The molecule has 0 spiro atoms. The lowest BCUT2D eigenvalue weighted by atomic mass is 9.85. The minimum Gasteiger partial charge on any atom is -0.329 e. The highest BCUT2D eigenvalue weighted by Crippen LogP contribution is 2.27. The molecule has 2 rings (SSSR count). The number of nitrogens with one attached hydrogen (secondary N) is 1. The van der Waals surface area contributed by atoms with E-state index in [1.165, 1.54) is 11.1 Å². The van der Waals surface area contributed by atoms with Crippen molar-refractivity contribution in [2.45, 2.75) is 25.8 Å². The van der Waals surface area contributed by atoms with Gasteiger partial charge in [-0.2, -0.15) is 0 Å². The summed E-state index contributed by atoms with van der Waals surface area (Å²) in [6.07, 6.45) is 0. The Morgan fingerprint density at radius 3 is 1.71 bits per heavy atom. The average molecular weight is 282 g/mol. The molecular formula is C19H26N2. The summed E-state index contributed by atoms with van der Waals surface area (Å²) in [5, 5.41) is 3.64. The smallest absolute Gasteiger partial charge is 0.0299 e. The second-order valence-electron chi connectivity index (χ2n) is 5.94. The van der Waals surface area contributed by atoms with Crippen molar-refractivity contribution >= 4 is 0 Å². The van der Waals surface area contributed by atoms with Crippen LogP contribution in [0.3, 0.4) is 0 Å². The molecule has 0 heterocycles. The second-order valence-corrected chi connectivity index (χ2v) is 5.94. The zero-order valence-corrected chi connectivity index (χ0v) is 13.0. The van der Waals surface area contributed by atoms with E-state index in [1.807, 2.05) is 0 Å². The van der Waals surface area contributed by atoms with Gasteiger partial charge in [0.25, 0.3) is 0 Å². The molecule has 0 radical (unpaired) electrons. The van der Waals surface area contributed by atoms with Crippen LogP contribution in [0.4, 0.5) is 0 Å². The van der Waals surface area contributed by atoms with E-state index in [0.29, 0.717) is 12.5 Å². The Labute approximate surface area is 128 Å². The summed E-state index contributed by atoms with van der Waals surface area (Å²) in [6.45, 7) is 6.06. The summed E-state index contributed by atoms with van der Waals surface area (Å²) < 4.78 is 0. The van der Waals surface area contributed by atoms with Crippen LogP contribution in [-0.2, 0) is 0 Å². The lowest BCUT2D eigenvalue weighted by Gasteiger charge is -2.29. The normalized spacial score (nSPS) is 12.8. The van der Waals surface area contributed by atoms with Gasteiger partial charge in [-0.15, -0.1) is 0 Å². The first kappa shape index (κ1) is 15.7. The molecule has 1 unspecified atom stereocenters. The largest absolute Gasteiger partial charge is 0.329 e.